The van der Waals surface area contributed by atoms with Crippen LogP contribution in [0.4, 0.5) is 4.39 Å². The van der Waals surface area contributed by atoms with Crippen LogP contribution in [0.25, 0.3) is 0 Å². The zero-order valence-corrected chi connectivity index (χ0v) is 13.0. The third-order valence-corrected chi connectivity index (χ3v) is 4.31. The van der Waals surface area contributed by atoms with Crippen molar-refractivity contribution in [1.29, 1.82) is 0 Å². The van der Waals surface area contributed by atoms with Crippen LogP contribution in [-0.2, 0) is 6.54 Å². The van der Waals surface area contributed by atoms with Crippen molar-refractivity contribution in [3.8, 4) is 0 Å². The van der Waals surface area contributed by atoms with E-state index < -0.39 is 0 Å². The van der Waals surface area contributed by atoms with Gasteiger partial charge in [-0.2, -0.15) is 0 Å². The van der Waals surface area contributed by atoms with Crippen molar-refractivity contribution in [2.45, 2.75) is 13.5 Å². The fourth-order valence-corrected chi connectivity index (χ4v) is 3.29. The summed E-state index contributed by atoms with van der Waals surface area (Å²) in [6, 6.07) is 7.75. The molecule has 0 unspecified atom stereocenters. The van der Waals surface area contributed by atoms with Gasteiger partial charge in [-0.05, 0) is 30.7 Å². The summed E-state index contributed by atoms with van der Waals surface area (Å²) in [5, 5.41) is 0. The number of amides is 1. The van der Waals surface area contributed by atoms with E-state index in [9.17, 15) is 9.18 Å². The highest BCUT2D eigenvalue weighted by molar-refractivity contribution is 7.20. The first-order valence-corrected chi connectivity index (χ1v) is 7.57. The molecule has 2 aromatic rings. The molecule has 0 N–H and O–H groups in total. The van der Waals surface area contributed by atoms with Crippen molar-refractivity contribution in [2.75, 3.05) is 6.54 Å². The van der Waals surface area contributed by atoms with E-state index in [4.69, 9.17) is 23.2 Å². The van der Waals surface area contributed by atoms with Crippen LogP contribution in [-0.4, -0.2) is 17.4 Å². The fraction of sp³-hybridized carbons (Fsp3) is 0.214. The second-order valence-electron chi connectivity index (χ2n) is 4.19. The van der Waals surface area contributed by atoms with Gasteiger partial charge in [0.15, 0.2) is 0 Å². The summed E-state index contributed by atoms with van der Waals surface area (Å²) in [5.41, 5.74) is 1.12. The molecule has 6 heteroatoms. The standard InChI is InChI=1S/C14H12Cl2FNOS/c1-2-18(8-9-4-3-5-10(17)6-9)14(19)11-7-12(15)20-13(11)16/h3-7H,2,8H2,1H3. The molecule has 1 heterocycles. The molecule has 0 radical (unpaired) electrons. The van der Waals surface area contributed by atoms with Crippen LogP contribution in [0, 0.1) is 5.82 Å². The molecule has 0 fully saturated rings. The molecule has 0 spiro atoms. The van der Waals surface area contributed by atoms with Gasteiger partial charge >= 0.3 is 0 Å². The van der Waals surface area contributed by atoms with E-state index in [0.717, 1.165) is 16.9 Å². The van der Waals surface area contributed by atoms with Gasteiger partial charge in [-0.3, -0.25) is 4.79 Å². The third-order valence-electron chi connectivity index (χ3n) is 2.82. The number of benzene rings is 1. The van der Waals surface area contributed by atoms with Gasteiger partial charge in [-0.1, -0.05) is 35.3 Å². The van der Waals surface area contributed by atoms with Crippen LogP contribution in [0.3, 0.4) is 0 Å². The molecule has 0 saturated carbocycles. The van der Waals surface area contributed by atoms with Gasteiger partial charge in [0.1, 0.15) is 10.2 Å². The Bertz CT molecular complexity index is 629. The minimum absolute atomic E-state index is 0.204. The van der Waals surface area contributed by atoms with E-state index in [2.05, 4.69) is 0 Å². The van der Waals surface area contributed by atoms with Gasteiger partial charge < -0.3 is 4.90 Å². The van der Waals surface area contributed by atoms with Gasteiger partial charge in [0, 0.05) is 13.1 Å². The Kier molecular flexibility index (Phi) is 5.02. The first-order chi connectivity index (χ1) is 9.51. The molecular weight excluding hydrogens is 320 g/mol. The first-order valence-electron chi connectivity index (χ1n) is 5.99. The molecule has 20 heavy (non-hydrogen) atoms. The second kappa shape index (κ2) is 6.57. The molecular formula is C14H12Cl2FNOS. The normalized spacial score (nSPS) is 10.6. The van der Waals surface area contributed by atoms with Gasteiger partial charge in [0.05, 0.1) is 9.90 Å². The van der Waals surface area contributed by atoms with Crippen molar-refractivity contribution < 1.29 is 9.18 Å². The van der Waals surface area contributed by atoms with Crippen molar-refractivity contribution in [1.82, 2.24) is 4.90 Å². The second-order valence-corrected chi connectivity index (χ2v) is 6.47. The minimum atomic E-state index is -0.317. The Morgan fingerprint density at radius 2 is 2.10 bits per heavy atom. The number of hydrogen-bond donors (Lipinski definition) is 0. The molecule has 1 aromatic heterocycles. The summed E-state index contributed by atoms with van der Waals surface area (Å²) in [7, 11) is 0. The molecule has 106 valence electrons. The minimum Gasteiger partial charge on any atom is -0.335 e. The zero-order valence-electron chi connectivity index (χ0n) is 10.7. The largest absolute Gasteiger partial charge is 0.335 e. The van der Waals surface area contributed by atoms with Gasteiger partial charge in [0.2, 0.25) is 0 Å². The number of carbonyl (C=O) groups excluding carboxylic acids is 1. The van der Waals surface area contributed by atoms with Crippen LogP contribution in [0.2, 0.25) is 8.67 Å². The molecule has 2 rings (SSSR count). The number of thiophene rings is 1. The summed E-state index contributed by atoms with van der Waals surface area (Å²) < 4.78 is 14.0. The summed E-state index contributed by atoms with van der Waals surface area (Å²) in [4.78, 5) is 14.0. The Balaban J connectivity index is 2.20. The number of halogens is 3. The van der Waals surface area contributed by atoms with E-state index in [-0.39, 0.29) is 11.7 Å². The topological polar surface area (TPSA) is 20.3 Å². The maximum atomic E-state index is 13.2. The van der Waals surface area contributed by atoms with E-state index in [0.29, 0.717) is 27.3 Å². The monoisotopic (exact) mass is 331 g/mol. The van der Waals surface area contributed by atoms with Crippen LogP contribution >= 0.6 is 34.5 Å². The van der Waals surface area contributed by atoms with Crippen LogP contribution in [0.1, 0.15) is 22.8 Å². The van der Waals surface area contributed by atoms with Gasteiger partial charge in [-0.15, -0.1) is 11.3 Å². The SMILES string of the molecule is CCN(Cc1cccc(F)c1)C(=O)c1cc(Cl)sc1Cl. The predicted molar refractivity (Wildman–Crippen MR) is 81.2 cm³/mol. The van der Waals surface area contributed by atoms with E-state index in [1.165, 1.54) is 12.1 Å². The Hall–Kier alpha value is -1.10. The van der Waals surface area contributed by atoms with Gasteiger partial charge in [-0.25, -0.2) is 4.39 Å². The first kappa shape index (κ1) is 15.3. The lowest BCUT2D eigenvalue weighted by Gasteiger charge is -2.20. The van der Waals surface area contributed by atoms with Gasteiger partial charge in [0.25, 0.3) is 5.91 Å². The summed E-state index contributed by atoms with van der Waals surface area (Å²) >= 11 is 13.0. The molecule has 0 bridgehead atoms. The summed E-state index contributed by atoms with van der Waals surface area (Å²) in [6.45, 7) is 2.69. The highest BCUT2D eigenvalue weighted by Gasteiger charge is 2.20. The lowest BCUT2D eigenvalue weighted by molar-refractivity contribution is 0.0753. The smallest absolute Gasteiger partial charge is 0.256 e. The van der Waals surface area contributed by atoms with Crippen LogP contribution in [0.15, 0.2) is 30.3 Å². The van der Waals surface area contributed by atoms with Crippen LogP contribution < -0.4 is 0 Å². The molecule has 1 amide bonds. The van der Waals surface area contributed by atoms with Crippen LogP contribution in [0.5, 0.6) is 0 Å². The number of hydrogen-bond acceptors (Lipinski definition) is 2. The predicted octanol–water partition coefficient (Wildman–Crippen LogP) is 4.86. The third kappa shape index (κ3) is 3.51. The fourth-order valence-electron chi connectivity index (χ4n) is 1.84. The summed E-state index contributed by atoms with van der Waals surface area (Å²) in [5.74, 6) is -0.521. The van der Waals surface area contributed by atoms with Crippen molar-refractivity contribution in [3.63, 3.8) is 0 Å². The summed E-state index contributed by atoms with van der Waals surface area (Å²) in [6.07, 6.45) is 0. The zero-order chi connectivity index (χ0) is 14.7. The van der Waals surface area contributed by atoms with E-state index >= 15 is 0 Å². The molecule has 2 nitrogen and oxygen atoms in total. The van der Waals surface area contributed by atoms with E-state index in [1.54, 1.807) is 23.1 Å². The molecule has 0 saturated heterocycles. The van der Waals surface area contributed by atoms with Crippen molar-refractivity contribution in [3.05, 3.63) is 55.9 Å². The average molecular weight is 332 g/mol. The Morgan fingerprint density at radius 1 is 1.35 bits per heavy atom. The maximum Gasteiger partial charge on any atom is 0.256 e. The van der Waals surface area contributed by atoms with Crippen molar-refractivity contribution >= 4 is 40.4 Å². The number of rotatable bonds is 4. The lowest BCUT2D eigenvalue weighted by atomic mass is 10.2. The quantitative estimate of drug-likeness (QED) is 0.783. The molecule has 0 aliphatic heterocycles. The maximum absolute atomic E-state index is 13.2. The van der Waals surface area contributed by atoms with Crippen molar-refractivity contribution in [2.24, 2.45) is 0 Å². The number of carbonyl (C=O) groups is 1. The lowest BCUT2D eigenvalue weighted by Crippen LogP contribution is -2.30. The molecule has 0 atom stereocenters. The number of nitrogens with zero attached hydrogens (tertiary/aromatic N) is 1. The molecule has 1 aromatic carbocycles. The molecule has 0 aliphatic rings. The highest BCUT2D eigenvalue weighted by Crippen LogP contribution is 2.32. The Morgan fingerprint density at radius 3 is 2.65 bits per heavy atom. The Labute approximate surface area is 130 Å². The average Bonchev–Trinajstić information content (AvgIpc) is 2.74. The van der Waals surface area contributed by atoms with E-state index in [1.807, 2.05) is 6.92 Å². The highest BCUT2D eigenvalue weighted by atomic mass is 35.5. The molecule has 0 aliphatic carbocycles.